The first-order chi connectivity index (χ1) is 10.2. The number of hydrogen-bond acceptors (Lipinski definition) is 2. The number of rotatable bonds is 3. The molecule has 2 aromatic carbocycles. The minimum atomic E-state index is -1.10. The molecular weight excluding hydrogens is 272 g/mol. The Balaban J connectivity index is 1.99. The van der Waals surface area contributed by atoms with Crippen molar-refractivity contribution in [2.45, 2.75) is 6.42 Å². The molecular formula is C17H11F2NO. The third kappa shape index (κ3) is 2.52. The van der Waals surface area contributed by atoms with E-state index in [1.54, 1.807) is 12.3 Å². The van der Waals surface area contributed by atoms with E-state index in [1.165, 1.54) is 12.1 Å². The molecule has 0 unspecified atom stereocenters. The number of ketones is 1. The molecule has 0 N–H and O–H groups in total. The molecule has 1 aromatic heterocycles. The predicted octanol–water partition coefficient (Wildman–Crippen LogP) is 3.94. The first-order valence-electron chi connectivity index (χ1n) is 6.46. The Hall–Kier alpha value is -2.62. The summed E-state index contributed by atoms with van der Waals surface area (Å²) in [5, 5.41) is 0.838. The van der Waals surface area contributed by atoms with Crippen LogP contribution in [0, 0.1) is 11.6 Å². The summed E-state index contributed by atoms with van der Waals surface area (Å²) in [6, 6.07) is 12.7. The second-order valence-corrected chi connectivity index (χ2v) is 4.69. The molecule has 0 aliphatic heterocycles. The van der Waals surface area contributed by atoms with Gasteiger partial charge in [0.25, 0.3) is 0 Å². The van der Waals surface area contributed by atoms with Gasteiger partial charge < -0.3 is 0 Å². The van der Waals surface area contributed by atoms with Crippen LogP contribution in [0.15, 0.2) is 54.7 Å². The zero-order valence-electron chi connectivity index (χ0n) is 11.0. The quantitative estimate of drug-likeness (QED) is 0.681. The number of halogens is 2. The average Bonchev–Trinajstić information content (AvgIpc) is 2.50. The van der Waals surface area contributed by atoms with Gasteiger partial charge in [-0.3, -0.25) is 9.78 Å². The van der Waals surface area contributed by atoms with E-state index in [-0.39, 0.29) is 12.0 Å². The molecule has 0 fully saturated rings. The zero-order valence-corrected chi connectivity index (χ0v) is 11.0. The minimum Gasteiger partial charge on any atom is -0.294 e. The summed E-state index contributed by atoms with van der Waals surface area (Å²) in [5.41, 5.74) is 1.28. The van der Waals surface area contributed by atoms with E-state index >= 15 is 0 Å². The van der Waals surface area contributed by atoms with E-state index < -0.39 is 17.4 Å². The second-order valence-electron chi connectivity index (χ2n) is 4.69. The molecule has 0 saturated carbocycles. The maximum atomic E-state index is 13.7. The van der Waals surface area contributed by atoms with Gasteiger partial charge >= 0.3 is 0 Å². The number of nitrogens with zero attached hydrogens (tertiary/aromatic N) is 1. The standard InChI is InChI=1S/C17H11F2NO/c18-14-6-3-5-13(17(14)19)16(21)10-11-8-9-20-15-7-2-1-4-12(11)15/h1-9H,10H2. The summed E-state index contributed by atoms with van der Waals surface area (Å²) < 4.78 is 26.9. The summed E-state index contributed by atoms with van der Waals surface area (Å²) in [4.78, 5) is 16.4. The molecule has 0 aliphatic rings. The number of para-hydroxylation sites is 1. The van der Waals surface area contributed by atoms with Gasteiger partial charge in [-0.1, -0.05) is 24.3 Å². The molecule has 0 aliphatic carbocycles. The highest BCUT2D eigenvalue weighted by Gasteiger charge is 2.16. The van der Waals surface area contributed by atoms with Crippen LogP contribution in [0.25, 0.3) is 10.9 Å². The summed E-state index contributed by atoms with van der Waals surface area (Å²) in [6.45, 7) is 0. The Morgan fingerprint density at radius 3 is 2.67 bits per heavy atom. The van der Waals surface area contributed by atoms with Gasteiger partial charge in [0.05, 0.1) is 11.1 Å². The van der Waals surface area contributed by atoms with E-state index in [0.29, 0.717) is 0 Å². The van der Waals surface area contributed by atoms with E-state index in [1.807, 2.05) is 24.3 Å². The lowest BCUT2D eigenvalue weighted by molar-refractivity contribution is 0.0988. The van der Waals surface area contributed by atoms with Gasteiger partial charge in [-0.05, 0) is 29.8 Å². The van der Waals surface area contributed by atoms with Crippen molar-refractivity contribution in [3.63, 3.8) is 0 Å². The van der Waals surface area contributed by atoms with Crippen molar-refractivity contribution in [2.24, 2.45) is 0 Å². The van der Waals surface area contributed by atoms with Crippen molar-refractivity contribution < 1.29 is 13.6 Å². The number of aromatic nitrogens is 1. The van der Waals surface area contributed by atoms with Crippen LogP contribution in [0.1, 0.15) is 15.9 Å². The fourth-order valence-electron chi connectivity index (χ4n) is 2.30. The molecule has 3 rings (SSSR count). The molecule has 0 spiro atoms. The SMILES string of the molecule is O=C(Cc1ccnc2ccccc12)c1cccc(F)c1F. The lowest BCUT2D eigenvalue weighted by Crippen LogP contribution is -2.08. The molecule has 3 aromatic rings. The maximum absolute atomic E-state index is 13.7. The maximum Gasteiger partial charge on any atom is 0.170 e. The summed E-state index contributed by atoms with van der Waals surface area (Å²) in [5.74, 6) is -2.57. The first-order valence-corrected chi connectivity index (χ1v) is 6.46. The van der Waals surface area contributed by atoms with Crippen LogP contribution >= 0.6 is 0 Å². The molecule has 0 amide bonds. The summed E-state index contributed by atoms with van der Waals surface area (Å²) in [7, 11) is 0. The zero-order chi connectivity index (χ0) is 14.8. The van der Waals surface area contributed by atoms with Crippen molar-refractivity contribution in [2.75, 3.05) is 0 Å². The lowest BCUT2D eigenvalue weighted by Gasteiger charge is -2.06. The topological polar surface area (TPSA) is 30.0 Å². The Bertz CT molecular complexity index is 825. The molecule has 1 heterocycles. The van der Waals surface area contributed by atoms with Gasteiger partial charge in [-0.15, -0.1) is 0 Å². The van der Waals surface area contributed by atoms with Crippen molar-refractivity contribution in [1.82, 2.24) is 4.98 Å². The van der Waals surface area contributed by atoms with E-state index in [9.17, 15) is 13.6 Å². The highest BCUT2D eigenvalue weighted by atomic mass is 19.2. The number of Topliss-reactive ketones (excluding diaryl/α,β-unsaturated/α-hetero) is 1. The summed E-state index contributed by atoms with van der Waals surface area (Å²) >= 11 is 0. The average molecular weight is 283 g/mol. The Morgan fingerprint density at radius 1 is 1.00 bits per heavy atom. The Morgan fingerprint density at radius 2 is 1.81 bits per heavy atom. The van der Waals surface area contributed by atoms with Gasteiger partial charge in [0, 0.05) is 18.0 Å². The van der Waals surface area contributed by atoms with Crippen molar-refractivity contribution in [1.29, 1.82) is 0 Å². The van der Waals surface area contributed by atoms with Crippen molar-refractivity contribution in [3.05, 3.63) is 77.5 Å². The Kier molecular flexibility index (Phi) is 3.44. The minimum absolute atomic E-state index is 0.00338. The lowest BCUT2D eigenvalue weighted by atomic mass is 10.00. The number of benzene rings is 2. The highest BCUT2D eigenvalue weighted by molar-refractivity contribution is 5.99. The fraction of sp³-hybridized carbons (Fsp3) is 0.0588. The third-order valence-corrected chi connectivity index (χ3v) is 3.34. The molecule has 21 heavy (non-hydrogen) atoms. The van der Waals surface area contributed by atoms with Crippen molar-refractivity contribution >= 4 is 16.7 Å². The van der Waals surface area contributed by atoms with Crippen molar-refractivity contribution in [3.8, 4) is 0 Å². The molecule has 2 nitrogen and oxygen atoms in total. The molecule has 104 valence electrons. The number of hydrogen-bond donors (Lipinski definition) is 0. The number of pyridine rings is 1. The summed E-state index contributed by atoms with van der Waals surface area (Å²) in [6.07, 6.45) is 1.61. The normalized spacial score (nSPS) is 10.8. The molecule has 0 saturated heterocycles. The van der Waals surface area contributed by atoms with Crippen LogP contribution in [0.4, 0.5) is 8.78 Å². The molecule has 0 radical (unpaired) electrons. The van der Waals surface area contributed by atoms with Crippen LogP contribution in [0.2, 0.25) is 0 Å². The van der Waals surface area contributed by atoms with Crippen LogP contribution in [0.3, 0.4) is 0 Å². The van der Waals surface area contributed by atoms with Gasteiger partial charge in [0.2, 0.25) is 0 Å². The van der Waals surface area contributed by atoms with Gasteiger partial charge in [-0.2, -0.15) is 0 Å². The van der Waals surface area contributed by atoms with Gasteiger partial charge in [0.1, 0.15) is 0 Å². The van der Waals surface area contributed by atoms with Crippen LogP contribution in [-0.2, 0) is 6.42 Å². The molecule has 4 heteroatoms. The second kappa shape index (κ2) is 5.40. The fourth-order valence-corrected chi connectivity index (χ4v) is 2.30. The monoisotopic (exact) mass is 283 g/mol. The number of carbonyl (C=O) groups excluding carboxylic acids is 1. The molecule has 0 bridgehead atoms. The Labute approximate surface area is 120 Å². The molecule has 0 atom stereocenters. The largest absolute Gasteiger partial charge is 0.294 e. The first kappa shape index (κ1) is 13.4. The van der Waals surface area contributed by atoms with Gasteiger partial charge in [0.15, 0.2) is 17.4 Å². The van der Waals surface area contributed by atoms with E-state index in [4.69, 9.17) is 0 Å². The number of carbonyl (C=O) groups is 1. The van der Waals surface area contributed by atoms with Gasteiger partial charge in [-0.25, -0.2) is 8.78 Å². The smallest absolute Gasteiger partial charge is 0.170 e. The van der Waals surface area contributed by atoms with Crippen LogP contribution in [-0.4, -0.2) is 10.8 Å². The predicted molar refractivity (Wildman–Crippen MR) is 76.1 cm³/mol. The number of fused-ring (bicyclic) bond motifs is 1. The highest BCUT2D eigenvalue weighted by Crippen LogP contribution is 2.19. The van der Waals surface area contributed by atoms with E-state index in [2.05, 4.69) is 4.98 Å². The van der Waals surface area contributed by atoms with E-state index in [0.717, 1.165) is 22.5 Å². The third-order valence-electron chi connectivity index (χ3n) is 3.34. The van der Waals surface area contributed by atoms with Crippen LogP contribution in [0.5, 0.6) is 0 Å². The van der Waals surface area contributed by atoms with Crippen LogP contribution < -0.4 is 0 Å².